The third kappa shape index (κ3) is 3.33. The lowest BCUT2D eigenvalue weighted by Crippen LogP contribution is -2.27. The van der Waals surface area contributed by atoms with Gasteiger partial charge >= 0.3 is 0 Å². The fourth-order valence-electron chi connectivity index (χ4n) is 2.51. The molecule has 1 N–H and O–H groups in total. The number of hydrogen-bond acceptors (Lipinski definition) is 7. The van der Waals surface area contributed by atoms with Crippen LogP contribution in [0.2, 0.25) is 0 Å². The van der Waals surface area contributed by atoms with Gasteiger partial charge in [0.1, 0.15) is 6.33 Å². The number of nitrogens with one attached hydrogen (secondary N) is 1. The van der Waals surface area contributed by atoms with Crippen molar-refractivity contribution in [3.63, 3.8) is 0 Å². The number of rotatable bonds is 5. The first kappa shape index (κ1) is 16.0. The van der Waals surface area contributed by atoms with Gasteiger partial charge in [0, 0.05) is 23.3 Å². The maximum Gasteiger partial charge on any atom is 0.255 e. The molecule has 9 heteroatoms. The summed E-state index contributed by atoms with van der Waals surface area (Å²) in [6.07, 6.45) is 4.83. The van der Waals surface area contributed by atoms with Crippen LogP contribution >= 0.6 is 11.3 Å². The first-order chi connectivity index (χ1) is 12.8. The Morgan fingerprint density at radius 1 is 1.12 bits per heavy atom. The van der Waals surface area contributed by atoms with Gasteiger partial charge in [-0.1, -0.05) is 30.3 Å². The Labute approximate surface area is 152 Å². The minimum atomic E-state index is -0.681. The second kappa shape index (κ2) is 7.19. The van der Waals surface area contributed by atoms with Crippen molar-refractivity contribution < 1.29 is 4.79 Å². The number of thiazole rings is 1. The van der Waals surface area contributed by atoms with E-state index in [2.05, 4.69) is 30.8 Å². The summed E-state index contributed by atoms with van der Waals surface area (Å²) in [5, 5.41) is 16.4. The maximum absolute atomic E-state index is 12.9. The summed E-state index contributed by atoms with van der Waals surface area (Å²) < 4.78 is 1.42. The van der Waals surface area contributed by atoms with E-state index in [1.54, 1.807) is 12.4 Å². The summed E-state index contributed by atoms with van der Waals surface area (Å²) in [5.74, 6) is -0.265. The van der Waals surface area contributed by atoms with Crippen molar-refractivity contribution in [3.8, 4) is 11.3 Å². The van der Waals surface area contributed by atoms with Crippen LogP contribution in [0.5, 0.6) is 0 Å². The number of benzene rings is 1. The molecule has 4 aromatic rings. The first-order valence-corrected chi connectivity index (χ1v) is 8.63. The lowest BCUT2D eigenvalue weighted by atomic mass is 10.1. The van der Waals surface area contributed by atoms with Crippen molar-refractivity contribution in [2.24, 2.45) is 0 Å². The molecule has 0 unspecified atom stereocenters. The van der Waals surface area contributed by atoms with E-state index in [0.717, 1.165) is 16.8 Å². The number of carbonyl (C=O) groups excluding carboxylic acids is 1. The molecule has 8 nitrogen and oxygen atoms in total. The van der Waals surface area contributed by atoms with Gasteiger partial charge in [-0.25, -0.2) is 9.67 Å². The number of amides is 1. The Morgan fingerprint density at radius 2 is 1.92 bits per heavy atom. The molecule has 4 rings (SSSR count). The first-order valence-electron chi connectivity index (χ1n) is 7.75. The Morgan fingerprint density at radius 3 is 2.65 bits per heavy atom. The quantitative estimate of drug-likeness (QED) is 0.585. The Bertz CT molecular complexity index is 986. The van der Waals surface area contributed by atoms with E-state index < -0.39 is 6.04 Å². The van der Waals surface area contributed by atoms with Crippen LogP contribution in [0.15, 0.2) is 66.6 Å². The van der Waals surface area contributed by atoms with Gasteiger partial charge in [-0.15, -0.1) is 16.4 Å². The highest BCUT2D eigenvalue weighted by molar-refractivity contribution is 7.14. The van der Waals surface area contributed by atoms with Crippen LogP contribution in [0.1, 0.15) is 11.6 Å². The van der Waals surface area contributed by atoms with Crippen molar-refractivity contribution >= 4 is 22.4 Å². The van der Waals surface area contributed by atoms with Crippen LogP contribution in [0.3, 0.4) is 0 Å². The van der Waals surface area contributed by atoms with Gasteiger partial charge in [-0.2, -0.15) is 0 Å². The Kier molecular flexibility index (Phi) is 4.44. The molecule has 0 aliphatic rings. The van der Waals surface area contributed by atoms with E-state index in [0.29, 0.717) is 5.13 Å². The molecule has 0 saturated carbocycles. The second-order valence-electron chi connectivity index (χ2n) is 5.37. The molecule has 0 saturated heterocycles. The van der Waals surface area contributed by atoms with E-state index in [1.165, 1.54) is 22.3 Å². The summed E-state index contributed by atoms with van der Waals surface area (Å²) in [6.45, 7) is 0. The number of nitrogens with zero attached hydrogens (tertiary/aromatic N) is 6. The highest BCUT2D eigenvalue weighted by atomic mass is 32.1. The molecule has 0 aliphatic heterocycles. The second-order valence-corrected chi connectivity index (χ2v) is 6.22. The fourth-order valence-corrected chi connectivity index (χ4v) is 3.23. The largest absolute Gasteiger partial charge is 0.300 e. The van der Waals surface area contributed by atoms with Gasteiger partial charge in [0.05, 0.1) is 5.69 Å². The van der Waals surface area contributed by atoms with Crippen molar-refractivity contribution in [3.05, 3.63) is 72.1 Å². The summed E-state index contributed by atoms with van der Waals surface area (Å²) >= 11 is 1.36. The normalized spacial score (nSPS) is 11.8. The Hall–Kier alpha value is -3.46. The molecule has 0 fully saturated rings. The molecule has 0 radical (unpaired) electrons. The number of carbonyl (C=O) groups is 1. The van der Waals surface area contributed by atoms with Crippen LogP contribution in [-0.4, -0.2) is 36.1 Å². The predicted molar refractivity (Wildman–Crippen MR) is 96.4 cm³/mol. The van der Waals surface area contributed by atoms with Gasteiger partial charge in [-0.3, -0.25) is 15.1 Å². The fraction of sp³-hybridized carbons (Fsp3) is 0.0588. The van der Waals surface area contributed by atoms with Crippen molar-refractivity contribution in [2.45, 2.75) is 6.04 Å². The maximum atomic E-state index is 12.9. The summed E-state index contributed by atoms with van der Waals surface area (Å²) in [4.78, 5) is 21.4. The molecular weight excluding hydrogens is 350 g/mol. The highest BCUT2D eigenvalue weighted by Gasteiger charge is 2.24. The van der Waals surface area contributed by atoms with Crippen LogP contribution < -0.4 is 5.32 Å². The molecule has 128 valence electrons. The minimum absolute atomic E-state index is 0.265. The Balaban J connectivity index is 1.59. The van der Waals surface area contributed by atoms with E-state index in [1.807, 2.05) is 47.8 Å². The lowest BCUT2D eigenvalue weighted by Gasteiger charge is -2.15. The van der Waals surface area contributed by atoms with Gasteiger partial charge in [0.15, 0.2) is 11.2 Å². The number of hydrogen-bond donors (Lipinski definition) is 1. The molecule has 3 aromatic heterocycles. The van der Waals surface area contributed by atoms with Crippen molar-refractivity contribution in [1.29, 1.82) is 0 Å². The standard InChI is InChI=1S/C17H13N7OS/c25-16(15(24-11-19-22-23-24)13-4-2-1-3-5-13)21-17-20-14(10-26-17)12-6-8-18-9-7-12/h1-11,15H,(H,20,21,25)/t15-/m0/s1. The van der Waals surface area contributed by atoms with Gasteiger partial charge in [-0.05, 0) is 28.1 Å². The van der Waals surface area contributed by atoms with E-state index in [9.17, 15) is 4.79 Å². The highest BCUT2D eigenvalue weighted by Crippen LogP contribution is 2.26. The smallest absolute Gasteiger partial charge is 0.255 e. The minimum Gasteiger partial charge on any atom is -0.300 e. The summed E-state index contributed by atoms with van der Waals surface area (Å²) in [6, 6.07) is 12.4. The van der Waals surface area contributed by atoms with E-state index in [-0.39, 0.29) is 5.91 Å². The number of tetrazole rings is 1. The number of pyridine rings is 1. The lowest BCUT2D eigenvalue weighted by molar-refractivity contribution is -0.118. The molecular formula is C17H13N7OS. The summed E-state index contributed by atoms with van der Waals surface area (Å²) in [5.41, 5.74) is 2.51. The molecule has 1 atom stereocenters. The summed E-state index contributed by atoms with van der Waals surface area (Å²) in [7, 11) is 0. The average molecular weight is 363 g/mol. The van der Waals surface area contributed by atoms with Gasteiger partial charge < -0.3 is 0 Å². The van der Waals surface area contributed by atoms with E-state index >= 15 is 0 Å². The topological polar surface area (TPSA) is 98.5 Å². The molecule has 0 aliphatic carbocycles. The third-order valence-corrected chi connectivity index (χ3v) is 4.46. The average Bonchev–Trinajstić information content (AvgIpc) is 3.36. The monoisotopic (exact) mass is 363 g/mol. The van der Waals surface area contributed by atoms with Crippen LogP contribution in [-0.2, 0) is 4.79 Å². The predicted octanol–water partition coefficient (Wildman–Crippen LogP) is 2.42. The van der Waals surface area contributed by atoms with Crippen molar-refractivity contribution in [2.75, 3.05) is 5.32 Å². The van der Waals surface area contributed by atoms with Gasteiger partial charge in [0.2, 0.25) is 0 Å². The SMILES string of the molecule is O=C(Nc1nc(-c2ccncc2)cs1)[C@H](c1ccccc1)n1cnnn1. The van der Waals surface area contributed by atoms with Crippen molar-refractivity contribution in [1.82, 2.24) is 30.2 Å². The number of aromatic nitrogens is 6. The van der Waals surface area contributed by atoms with Crippen LogP contribution in [0.25, 0.3) is 11.3 Å². The zero-order chi connectivity index (χ0) is 17.8. The van der Waals surface area contributed by atoms with E-state index in [4.69, 9.17) is 0 Å². The zero-order valence-electron chi connectivity index (χ0n) is 13.4. The zero-order valence-corrected chi connectivity index (χ0v) is 14.2. The molecule has 0 bridgehead atoms. The molecule has 1 amide bonds. The molecule has 0 spiro atoms. The van der Waals surface area contributed by atoms with Crippen LogP contribution in [0.4, 0.5) is 5.13 Å². The van der Waals surface area contributed by atoms with Gasteiger partial charge in [0.25, 0.3) is 5.91 Å². The molecule has 26 heavy (non-hydrogen) atoms. The number of anilines is 1. The third-order valence-electron chi connectivity index (χ3n) is 3.70. The molecule has 3 heterocycles. The van der Waals surface area contributed by atoms with Crippen LogP contribution in [0, 0.1) is 0 Å². The molecule has 1 aromatic carbocycles.